The lowest BCUT2D eigenvalue weighted by Gasteiger charge is -2.28. The van der Waals surface area contributed by atoms with E-state index in [4.69, 9.17) is 0 Å². The molecule has 3 heteroatoms. The van der Waals surface area contributed by atoms with Crippen LogP contribution in [-0.4, -0.2) is 31.6 Å². The predicted molar refractivity (Wildman–Crippen MR) is 70.9 cm³/mol. The Morgan fingerprint density at radius 1 is 1.44 bits per heavy atom. The van der Waals surface area contributed by atoms with Gasteiger partial charge in [0, 0.05) is 11.4 Å². The van der Waals surface area contributed by atoms with Gasteiger partial charge in [-0.2, -0.15) is 0 Å². The molecule has 2 nitrogen and oxygen atoms in total. The van der Waals surface area contributed by atoms with Crippen LogP contribution in [0.15, 0.2) is 17.5 Å². The highest BCUT2D eigenvalue weighted by atomic mass is 32.1. The van der Waals surface area contributed by atoms with Gasteiger partial charge in [0.2, 0.25) is 0 Å². The van der Waals surface area contributed by atoms with E-state index in [1.807, 2.05) is 11.3 Å². The average molecular weight is 238 g/mol. The molecule has 1 N–H and O–H groups in total. The standard InChI is InChI=1S/C13H22N2S/c1-15-8-5-12(6-9-15)4-7-14-11-13-3-2-10-16-13/h2-3,10,12,14H,4-9,11H2,1H3. The summed E-state index contributed by atoms with van der Waals surface area (Å²) in [5.74, 6) is 0.951. The van der Waals surface area contributed by atoms with Crippen molar-refractivity contribution in [3.63, 3.8) is 0 Å². The highest BCUT2D eigenvalue weighted by molar-refractivity contribution is 7.09. The van der Waals surface area contributed by atoms with Crippen molar-refractivity contribution in [3.8, 4) is 0 Å². The Morgan fingerprint density at radius 2 is 2.25 bits per heavy atom. The van der Waals surface area contributed by atoms with Gasteiger partial charge in [0.1, 0.15) is 0 Å². The monoisotopic (exact) mass is 238 g/mol. The fraction of sp³-hybridized carbons (Fsp3) is 0.692. The van der Waals surface area contributed by atoms with Crippen molar-refractivity contribution in [1.29, 1.82) is 0 Å². The topological polar surface area (TPSA) is 15.3 Å². The second-order valence-corrected chi connectivity index (χ2v) is 5.82. The number of thiophene rings is 1. The number of piperidine rings is 1. The van der Waals surface area contributed by atoms with Crippen molar-refractivity contribution in [3.05, 3.63) is 22.4 Å². The molecular formula is C13H22N2S. The van der Waals surface area contributed by atoms with E-state index in [2.05, 4.69) is 34.8 Å². The number of nitrogens with one attached hydrogen (secondary N) is 1. The Hall–Kier alpha value is -0.380. The summed E-state index contributed by atoms with van der Waals surface area (Å²) in [5.41, 5.74) is 0. The normalized spacial score (nSPS) is 19.1. The molecule has 90 valence electrons. The largest absolute Gasteiger partial charge is 0.312 e. The molecule has 0 radical (unpaired) electrons. The third kappa shape index (κ3) is 3.89. The van der Waals surface area contributed by atoms with Crippen LogP contribution in [0.4, 0.5) is 0 Å². The molecule has 0 aliphatic carbocycles. The van der Waals surface area contributed by atoms with Gasteiger partial charge in [-0.3, -0.25) is 0 Å². The smallest absolute Gasteiger partial charge is 0.0299 e. The molecule has 1 fully saturated rings. The lowest BCUT2D eigenvalue weighted by atomic mass is 9.94. The molecule has 2 rings (SSSR count). The molecule has 1 saturated heterocycles. The van der Waals surface area contributed by atoms with Crippen LogP contribution < -0.4 is 5.32 Å². The van der Waals surface area contributed by atoms with Gasteiger partial charge < -0.3 is 10.2 Å². The Balaban J connectivity index is 1.55. The number of rotatable bonds is 5. The molecule has 0 amide bonds. The van der Waals surface area contributed by atoms with Crippen LogP contribution in [0.25, 0.3) is 0 Å². The van der Waals surface area contributed by atoms with Gasteiger partial charge in [-0.1, -0.05) is 6.07 Å². The van der Waals surface area contributed by atoms with Crippen LogP contribution in [0.2, 0.25) is 0 Å². The van der Waals surface area contributed by atoms with Gasteiger partial charge in [-0.15, -0.1) is 11.3 Å². The first-order valence-corrected chi connectivity index (χ1v) is 7.14. The first-order valence-electron chi connectivity index (χ1n) is 6.26. The number of nitrogens with zero attached hydrogens (tertiary/aromatic N) is 1. The summed E-state index contributed by atoms with van der Waals surface area (Å²) in [5, 5.41) is 5.69. The summed E-state index contributed by atoms with van der Waals surface area (Å²) in [6.07, 6.45) is 4.12. The minimum Gasteiger partial charge on any atom is -0.312 e. The van der Waals surface area contributed by atoms with Crippen molar-refractivity contribution in [2.75, 3.05) is 26.7 Å². The molecule has 1 aliphatic rings. The van der Waals surface area contributed by atoms with Crippen LogP contribution in [-0.2, 0) is 6.54 Å². The molecule has 0 aromatic carbocycles. The van der Waals surface area contributed by atoms with E-state index in [9.17, 15) is 0 Å². The lowest BCUT2D eigenvalue weighted by molar-refractivity contribution is 0.211. The van der Waals surface area contributed by atoms with E-state index in [1.54, 1.807) is 0 Å². The molecule has 0 atom stereocenters. The zero-order chi connectivity index (χ0) is 11.2. The van der Waals surface area contributed by atoms with Gasteiger partial charge in [-0.25, -0.2) is 0 Å². The van der Waals surface area contributed by atoms with Crippen LogP contribution in [0.3, 0.4) is 0 Å². The Bertz CT molecular complexity index is 276. The summed E-state index contributed by atoms with van der Waals surface area (Å²) < 4.78 is 0. The van der Waals surface area contributed by atoms with Crippen LogP contribution in [0.1, 0.15) is 24.1 Å². The molecule has 1 aromatic heterocycles. The highest BCUT2D eigenvalue weighted by Gasteiger charge is 2.15. The van der Waals surface area contributed by atoms with E-state index in [-0.39, 0.29) is 0 Å². The summed E-state index contributed by atoms with van der Waals surface area (Å²) >= 11 is 1.84. The van der Waals surface area contributed by atoms with Gasteiger partial charge in [0.05, 0.1) is 0 Å². The second-order valence-electron chi connectivity index (χ2n) is 4.79. The Kier molecular flexibility index (Phi) is 4.82. The Morgan fingerprint density at radius 3 is 2.94 bits per heavy atom. The van der Waals surface area contributed by atoms with Crippen molar-refractivity contribution in [2.45, 2.75) is 25.8 Å². The van der Waals surface area contributed by atoms with Crippen LogP contribution in [0.5, 0.6) is 0 Å². The molecule has 16 heavy (non-hydrogen) atoms. The van der Waals surface area contributed by atoms with Crippen molar-refractivity contribution < 1.29 is 0 Å². The second kappa shape index (κ2) is 6.38. The maximum absolute atomic E-state index is 3.54. The van der Waals surface area contributed by atoms with Crippen molar-refractivity contribution >= 4 is 11.3 Å². The fourth-order valence-corrected chi connectivity index (χ4v) is 2.96. The Labute approximate surface area is 103 Å². The molecule has 1 aromatic rings. The first kappa shape index (κ1) is 12.1. The minimum atomic E-state index is 0.951. The molecule has 0 spiro atoms. The SMILES string of the molecule is CN1CCC(CCNCc2cccs2)CC1. The quantitative estimate of drug-likeness (QED) is 0.793. The van der Waals surface area contributed by atoms with E-state index < -0.39 is 0 Å². The van der Waals surface area contributed by atoms with E-state index >= 15 is 0 Å². The van der Waals surface area contributed by atoms with Gasteiger partial charge >= 0.3 is 0 Å². The van der Waals surface area contributed by atoms with Crippen molar-refractivity contribution in [1.82, 2.24) is 10.2 Å². The van der Waals surface area contributed by atoms with Gasteiger partial charge in [0.15, 0.2) is 0 Å². The van der Waals surface area contributed by atoms with E-state index in [0.29, 0.717) is 0 Å². The maximum atomic E-state index is 3.54. The first-order chi connectivity index (χ1) is 7.84. The number of likely N-dealkylation sites (tertiary alicyclic amines) is 1. The summed E-state index contributed by atoms with van der Waals surface area (Å²) in [4.78, 5) is 3.89. The molecule has 0 saturated carbocycles. The maximum Gasteiger partial charge on any atom is 0.0299 e. The minimum absolute atomic E-state index is 0.951. The zero-order valence-corrected chi connectivity index (χ0v) is 10.9. The van der Waals surface area contributed by atoms with Crippen LogP contribution in [0, 0.1) is 5.92 Å². The number of hydrogen-bond acceptors (Lipinski definition) is 3. The molecule has 0 unspecified atom stereocenters. The van der Waals surface area contributed by atoms with Gasteiger partial charge in [0.25, 0.3) is 0 Å². The highest BCUT2D eigenvalue weighted by Crippen LogP contribution is 2.18. The van der Waals surface area contributed by atoms with Gasteiger partial charge in [-0.05, 0) is 63.3 Å². The van der Waals surface area contributed by atoms with Crippen LogP contribution >= 0.6 is 11.3 Å². The summed E-state index contributed by atoms with van der Waals surface area (Å²) in [6.45, 7) is 4.79. The fourth-order valence-electron chi connectivity index (χ4n) is 2.28. The molecule has 1 aliphatic heterocycles. The average Bonchev–Trinajstić information content (AvgIpc) is 2.80. The molecule has 2 heterocycles. The summed E-state index contributed by atoms with van der Waals surface area (Å²) in [7, 11) is 2.23. The molecular weight excluding hydrogens is 216 g/mol. The predicted octanol–water partition coefficient (Wildman–Crippen LogP) is 2.57. The van der Waals surface area contributed by atoms with E-state index in [1.165, 1.54) is 43.8 Å². The lowest BCUT2D eigenvalue weighted by Crippen LogP contribution is -2.31. The zero-order valence-electron chi connectivity index (χ0n) is 10.1. The third-order valence-electron chi connectivity index (χ3n) is 3.45. The third-order valence-corrected chi connectivity index (χ3v) is 4.32. The van der Waals surface area contributed by atoms with E-state index in [0.717, 1.165) is 12.5 Å². The number of hydrogen-bond donors (Lipinski definition) is 1. The van der Waals surface area contributed by atoms with Crippen molar-refractivity contribution in [2.24, 2.45) is 5.92 Å². The molecule has 0 bridgehead atoms. The summed E-state index contributed by atoms with van der Waals surface area (Å²) in [6, 6.07) is 4.33.